The second-order valence-corrected chi connectivity index (χ2v) is 3.09. The summed E-state index contributed by atoms with van der Waals surface area (Å²) in [5, 5.41) is 19.3. The zero-order valence-electron chi connectivity index (χ0n) is 9.63. The molecule has 98 valence electrons. The van der Waals surface area contributed by atoms with E-state index in [0.29, 0.717) is 0 Å². The Morgan fingerprint density at radius 3 is 2.00 bits per heavy atom. The Bertz CT molecular complexity index is 312. The van der Waals surface area contributed by atoms with Gasteiger partial charge in [0.2, 0.25) is 5.60 Å². The molecule has 2 N–H and O–H groups in total. The minimum Gasteiger partial charge on any atom is -0.469 e. The van der Waals surface area contributed by atoms with Gasteiger partial charge in [-0.1, -0.05) is 0 Å². The SMILES string of the molecule is COC(=O)C[C@](O)(C(=O)OC)[C@H](O)C(=O)OC. The smallest absolute Gasteiger partial charge is 0.341 e. The molecule has 0 amide bonds. The first-order valence-corrected chi connectivity index (χ1v) is 4.47. The van der Waals surface area contributed by atoms with Crippen LogP contribution in [0.25, 0.3) is 0 Å². The summed E-state index contributed by atoms with van der Waals surface area (Å²) < 4.78 is 12.6. The zero-order valence-corrected chi connectivity index (χ0v) is 9.63. The molecule has 17 heavy (non-hydrogen) atoms. The van der Waals surface area contributed by atoms with Gasteiger partial charge in [0.25, 0.3) is 0 Å². The van der Waals surface area contributed by atoms with Crippen molar-refractivity contribution in [3.8, 4) is 0 Å². The molecule has 0 rings (SSSR count). The Kier molecular flexibility index (Phi) is 5.56. The van der Waals surface area contributed by atoms with E-state index >= 15 is 0 Å². The van der Waals surface area contributed by atoms with E-state index in [1.807, 2.05) is 0 Å². The molecular formula is C9H14O8. The molecule has 0 radical (unpaired) electrons. The molecule has 0 saturated carbocycles. The fraction of sp³-hybridized carbons (Fsp3) is 0.667. The number of ether oxygens (including phenoxy) is 3. The van der Waals surface area contributed by atoms with Gasteiger partial charge >= 0.3 is 17.9 Å². The van der Waals surface area contributed by atoms with Gasteiger partial charge in [-0.25, -0.2) is 9.59 Å². The van der Waals surface area contributed by atoms with Crippen LogP contribution in [0.3, 0.4) is 0 Å². The predicted octanol–water partition coefficient (Wildman–Crippen LogP) is -2.01. The summed E-state index contributed by atoms with van der Waals surface area (Å²) in [6, 6.07) is 0. The van der Waals surface area contributed by atoms with Crippen molar-refractivity contribution in [2.24, 2.45) is 0 Å². The van der Waals surface area contributed by atoms with Gasteiger partial charge in [-0.05, 0) is 0 Å². The first-order chi connectivity index (χ1) is 7.83. The van der Waals surface area contributed by atoms with E-state index in [-0.39, 0.29) is 0 Å². The summed E-state index contributed by atoms with van der Waals surface area (Å²) in [6.07, 6.45) is -3.19. The van der Waals surface area contributed by atoms with Crippen LogP contribution in [0.5, 0.6) is 0 Å². The average Bonchev–Trinajstić information content (AvgIpc) is 2.35. The van der Waals surface area contributed by atoms with Gasteiger partial charge in [0.05, 0.1) is 27.8 Å². The van der Waals surface area contributed by atoms with Crippen LogP contribution in [0, 0.1) is 0 Å². The second kappa shape index (κ2) is 6.16. The maximum Gasteiger partial charge on any atom is 0.341 e. The highest BCUT2D eigenvalue weighted by atomic mass is 16.6. The van der Waals surface area contributed by atoms with E-state index in [9.17, 15) is 24.6 Å². The fourth-order valence-electron chi connectivity index (χ4n) is 1.06. The third kappa shape index (κ3) is 3.40. The van der Waals surface area contributed by atoms with Gasteiger partial charge < -0.3 is 24.4 Å². The summed E-state index contributed by atoms with van der Waals surface area (Å²) in [5.41, 5.74) is -2.74. The van der Waals surface area contributed by atoms with Crippen LogP contribution in [0.2, 0.25) is 0 Å². The quantitative estimate of drug-likeness (QED) is 0.424. The maximum atomic E-state index is 11.3. The Balaban J connectivity index is 5.16. The zero-order chi connectivity index (χ0) is 13.6. The predicted molar refractivity (Wildman–Crippen MR) is 51.6 cm³/mol. The molecule has 0 fully saturated rings. The molecule has 0 aliphatic rings. The molecule has 0 aliphatic heterocycles. The van der Waals surface area contributed by atoms with E-state index in [1.165, 1.54) is 0 Å². The van der Waals surface area contributed by atoms with Crippen LogP contribution >= 0.6 is 0 Å². The van der Waals surface area contributed by atoms with Gasteiger partial charge in [0.1, 0.15) is 0 Å². The molecule has 0 aromatic carbocycles. The molecule has 0 unspecified atom stereocenters. The van der Waals surface area contributed by atoms with E-state index in [2.05, 4.69) is 14.2 Å². The standard InChI is InChI=1S/C9H14O8/c1-15-5(10)4-9(14,8(13)17-3)6(11)7(12)16-2/h6,11,14H,4H2,1-3H3/t6-,9-/m1/s1. The number of rotatable bonds is 5. The second-order valence-electron chi connectivity index (χ2n) is 3.09. The summed E-state index contributed by atoms with van der Waals surface area (Å²) in [5.74, 6) is -3.62. The number of carbonyl (C=O) groups excluding carboxylic acids is 3. The maximum absolute atomic E-state index is 11.3. The van der Waals surface area contributed by atoms with Crippen LogP contribution in [0.1, 0.15) is 6.42 Å². The number of esters is 3. The van der Waals surface area contributed by atoms with Crippen molar-refractivity contribution in [1.82, 2.24) is 0 Å². The van der Waals surface area contributed by atoms with Crippen LogP contribution in [0.4, 0.5) is 0 Å². The number of hydrogen-bond acceptors (Lipinski definition) is 8. The van der Waals surface area contributed by atoms with Gasteiger partial charge in [0, 0.05) is 0 Å². The molecule has 0 heterocycles. The van der Waals surface area contributed by atoms with Gasteiger partial charge in [-0.15, -0.1) is 0 Å². The molecule has 0 saturated heterocycles. The van der Waals surface area contributed by atoms with Gasteiger partial charge in [-0.3, -0.25) is 4.79 Å². The number of aliphatic hydroxyl groups is 2. The van der Waals surface area contributed by atoms with Crippen molar-refractivity contribution in [3.05, 3.63) is 0 Å². The molecule has 0 spiro atoms. The third-order valence-electron chi connectivity index (χ3n) is 2.06. The van der Waals surface area contributed by atoms with Crippen molar-refractivity contribution >= 4 is 17.9 Å². The van der Waals surface area contributed by atoms with Crippen molar-refractivity contribution in [3.63, 3.8) is 0 Å². The Labute approximate surface area is 97.1 Å². The van der Waals surface area contributed by atoms with Gasteiger partial charge in [0.15, 0.2) is 6.10 Å². The topological polar surface area (TPSA) is 119 Å². The Morgan fingerprint density at radius 1 is 1.12 bits per heavy atom. The van der Waals surface area contributed by atoms with E-state index in [4.69, 9.17) is 0 Å². The molecular weight excluding hydrogens is 236 g/mol. The lowest BCUT2D eigenvalue weighted by molar-refractivity contribution is -0.191. The first kappa shape index (κ1) is 15.3. The van der Waals surface area contributed by atoms with Crippen molar-refractivity contribution in [2.75, 3.05) is 21.3 Å². The molecule has 2 atom stereocenters. The highest BCUT2D eigenvalue weighted by molar-refractivity contribution is 5.92. The van der Waals surface area contributed by atoms with Crippen LogP contribution < -0.4 is 0 Å². The average molecular weight is 250 g/mol. The van der Waals surface area contributed by atoms with Crippen molar-refractivity contribution in [2.45, 2.75) is 18.1 Å². The number of aliphatic hydroxyl groups excluding tert-OH is 1. The van der Waals surface area contributed by atoms with Crippen molar-refractivity contribution < 1.29 is 38.8 Å². The molecule has 0 aromatic heterocycles. The number of methoxy groups -OCH3 is 3. The minimum atomic E-state index is -2.74. The summed E-state index contributed by atoms with van der Waals surface area (Å²) >= 11 is 0. The largest absolute Gasteiger partial charge is 0.469 e. The highest BCUT2D eigenvalue weighted by Crippen LogP contribution is 2.19. The molecule has 8 nitrogen and oxygen atoms in total. The lowest BCUT2D eigenvalue weighted by Gasteiger charge is -2.27. The number of hydrogen-bond donors (Lipinski definition) is 2. The van der Waals surface area contributed by atoms with Crippen LogP contribution in [-0.2, 0) is 28.6 Å². The highest BCUT2D eigenvalue weighted by Gasteiger charge is 2.51. The summed E-state index contributed by atoms with van der Waals surface area (Å²) in [4.78, 5) is 33.4. The van der Waals surface area contributed by atoms with E-state index in [0.717, 1.165) is 21.3 Å². The lowest BCUT2D eigenvalue weighted by atomic mass is 9.92. The lowest BCUT2D eigenvalue weighted by Crippen LogP contribution is -2.55. The Morgan fingerprint density at radius 2 is 1.65 bits per heavy atom. The first-order valence-electron chi connectivity index (χ1n) is 4.47. The third-order valence-corrected chi connectivity index (χ3v) is 2.06. The number of carbonyl (C=O) groups is 3. The minimum absolute atomic E-state index is 0.925. The molecule has 0 aromatic rings. The molecule has 0 aliphatic carbocycles. The van der Waals surface area contributed by atoms with Crippen LogP contribution in [0.15, 0.2) is 0 Å². The Hall–Kier alpha value is -1.67. The van der Waals surface area contributed by atoms with E-state index < -0.39 is 36.0 Å². The molecule has 0 bridgehead atoms. The van der Waals surface area contributed by atoms with Gasteiger partial charge in [-0.2, -0.15) is 0 Å². The summed E-state index contributed by atoms with van der Waals surface area (Å²) in [7, 11) is 2.89. The molecule has 8 heteroatoms. The monoisotopic (exact) mass is 250 g/mol. The normalized spacial score (nSPS) is 15.4. The van der Waals surface area contributed by atoms with Crippen LogP contribution in [-0.4, -0.2) is 61.2 Å². The van der Waals surface area contributed by atoms with E-state index in [1.54, 1.807) is 0 Å². The fourth-order valence-corrected chi connectivity index (χ4v) is 1.06. The summed E-state index contributed by atoms with van der Waals surface area (Å²) in [6.45, 7) is 0. The van der Waals surface area contributed by atoms with Crippen molar-refractivity contribution in [1.29, 1.82) is 0 Å².